The molecule has 1 aromatic carbocycles. The predicted octanol–water partition coefficient (Wildman–Crippen LogP) is -0.119. The van der Waals surface area contributed by atoms with Crippen molar-refractivity contribution >= 4 is 18.4 Å². The lowest BCUT2D eigenvalue weighted by Gasteiger charge is -2.12. The summed E-state index contributed by atoms with van der Waals surface area (Å²) in [5.74, 6) is 0.129. The quantitative estimate of drug-likeness (QED) is 0.603. The molecule has 1 amide bonds. The average Bonchev–Trinajstić information content (AvgIpc) is 2.44. The Morgan fingerprint density at radius 2 is 2.00 bits per heavy atom. The van der Waals surface area contributed by atoms with Gasteiger partial charge in [-0.25, -0.2) is 0 Å². The average molecular weight is 188 g/mol. The van der Waals surface area contributed by atoms with Crippen molar-refractivity contribution in [1.82, 2.24) is 10.5 Å². The maximum absolute atomic E-state index is 11.3. The first kappa shape index (κ1) is 9.28. The monoisotopic (exact) mass is 188 g/mol. The number of amides is 1. The molecule has 1 fully saturated rings. The third-order valence-corrected chi connectivity index (χ3v) is 2.37. The van der Waals surface area contributed by atoms with Crippen molar-refractivity contribution in [3.63, 3.8) is 0 Å². The van der Waals surface area contributed by atoms with Crippen LogP contribution in [0.2, 0.25) is 0 Å². The lowest BCUT2D eigenvalue weighted by molar-refractivity contribution is -0.119. The maximum Gasteiger partial charge on any atom is 0.375 e. The number of hydrogen-bond donors (Lipinski definition) is 2. The molecule has 1 aliphatic rings. The molecule has 0 aliphatic carbocycles. The van der Waals surface area contributed by atoms with Crippen LogP contribution in [0.5, 0.6) is 0 Å². The van der Waals surface area contributed by atoms with E-state index in [1.807, 2.05) is 30.3 Å². The number of carbonyl (C=O) groups is 1. The predicted molar refractivity (Wildman–Crippen MR) is 57.2 cm³/mol. The summed E-state index contributed by atoms with van der Waals surface area (Å²) < 4.78 is 0. The summed E-state index contributed by atoms with van der Waals surface area (Å²) in [6, 6.07) is 9.97. The van der Waals surface area contributed by atoms with E-state index in [4.69, 9.17) is 0 Å². The van der Waals surface area contributed by atoms with E-state index < -0.39 is 0 Å². The lowest BCUT2D eigenvalue weighted by Crippen LogP contribution is -2.56. The van der Waals surface area contributed by atoms with Gasteiger partial charge >= 0.3 is 6.98 Å². The zero-order valence-electron chi connectivity index (χ0n) is 7.99. The van der Waals surface area contributed by atoms with E-state index in [1.165, 1.54) is 0 Å². The molecular weight excluding hydrogens is 175 g/mol. The van der Waals surface area contributed by atoms with Crippen LogP contribution in [0.4, 0.5) is 0 Å². The van der Waals surface area contributed by atoms with E-state index in [9.17, 15) is 4.79 Å². The van der Waals surface area contributed by atoms with E-state index in [2.05, 4.69) is 10.5 Å². The number of carbonyl (C=O) groups excluding carboxylic acids is 1. The Balaban J connectivity index is 2.13. The van der Waals surface area contributed by atoms with Gasteiger partial charge in [0.25, 0.3) is 0 Å². The van der Waals surface area contributed by atoms with Crippen LogP contribution in [-0.4, -0.2) is 19.4 Å². The fourth-order valence-electron chi connectivity index (χ4n) is 1.63. The zero-order valence-corrected chi connectivity index (χ0v) is 7.99. The van der Waals surface area contributed by atoms with Crippen LogP contribution in [0.1, 0.15) is 12.8 Å². The zero-order chi connectivity index (χ0) is 9.80. The summed E-state index contributed by atoms with van der Waals surface area (Å²) in [4.78, 5) is 11.3. The molecule has 72 valence electrons. The third-order valence-electron chi connectivity index (χ3n) is 2.37. The highest BCUT2D eigenvalue weighted by Crippen LogP contribution is 1.93. The van der Waals surface area contributed by atoms with Gasteiger partial charge in [0.1, 0.15) is 0 Å². The Morgan fingerprint density at radius 1 is 1.21 bits per heavy atom. The van der Waals surface area contributed by atoms with Gasteiger partial charge in [-0.05, 0) is 18.4 Å². The van der Waals surface area contributed by atoms with Crippen LogP contribution in [-0.2, 0) is 4.79 Å². The molecule has 0 saturated carbocycles. The first-order valence-electron chi connectivity index (χ1n) is 4.94. The van der Waals surface area contributed by atoms with E-state index in [0.29, 0.717) is 6.42 Å². The van der Waals surface area contributed by atoms with Crippen LogP contribution in [0, 0.1) is 0 Å². The maximum atomic E-state index is 11.3. The standard InChI is InChI=1S/C10H13BN2O/c14-10-7-4-8-12-11(13-10)9-5-2-1-3-6-9/h1-3,5-6,12H,4,7-8H2,(H,13,14). The van der Waals surface area contributed by atoms with Crippen molar-refractivity contribution in [3.05, 3.63) is 30.3 Å². The van der Waals surface area contributed by atoms with E-state index >= 15 is 0 Å². The molecule has 2 rings (SSSR count). The second-order valence-electron chi connectivity index (χ2n) is 3.47. The highest BCUT2D eigenvalue weighted by atomic mass is 16.1. The van der Waals surface area contributed by atoms with Crippen molar-refractivity contribution < 1.29 is 4.79 Å². The van der Waals surface area contributed by atoms with Gasteiger partial charge in [-0.3, -0.25) is 4.79 Å². The van der Waals surface area contributed by atoms with Crippen LogP contribution < -0.4 is 15.9 Å². The summed E-state index contributed by atoms with van der Waals surface area (Å²) in [7, 11) is 0. The Kier molecular flexibility index (Phi) is 2.84. The Hall–Kier alpha value is -1.29. The van der Waals surface area contributed by atoms with Crippen molar-refractivity contribution in [2.45, 2.75) is 12.8 Å². The Labute approximate surface area is 84.0 Å². The smallest absolute Gasteiger partial charge is 0.375 e. The molecule has 0 bridgehead atoms. The molecular formula is C10H13BN2O. The van der Waals surface area contributed by atoms with Crippen LogP contribution in [0.15, 0.2) is 30.3 Å². The van der Waals surface area contributed by atoms with Gasteiger partial charge in [-0.2, -0.15) is 0 Å². The van der Waals surface area contributed by atoms with Gasteiger partial charge in [0.15, 0.2) is 0 Å². The molecule has 2 N–H and O–H groups in total. The third kappa shape index (κ3) is 2.14. The number of hydrogen-bond acceptors (Lipinski definition) is 2. The number of rotatable bonds is 1. The normalized spacial score (nSPS) is 17.4. The minimum absolute atomic E-state index is 0.0220. The van der Waals surface area contributed by atoms with Gasteiger partial charge in [0, 0.05) is 6.42 Å². The molecule has 1 aliphatic heterocycles. The van der Waals surface area contributed by atoms with Crippen LogP contribution in [0.3, 0.4) is 0 Å². The van der Waals surface area contributed by atoms with Gasteiger partial charge in [0.2, 0.25) is 5.91 Å². The summed E-state index contributed by atoms with van der Waals surface area (Å²) in [5.41, 5.74) is 1.11. The van der Waals surface area contributed by atoms with Crippen molar-refractivity contribution in [2.75, 3.05) is 6.54 Å². The first-order chi connectivity index (χ1) is 6.86. The molecule has 0 aromatic heterocycles. The summed E-state index contributed by atoms with van der Waals surface area (Å²) in [5, 5.41) is 6.24. The fourth-order valence-corrected chi connectivity index (χ4v) is 1.63. The number of benzene rings is 1. The van der Waals surface area contributed by atoms with Gasteiger partial charge in [-0.15, -0.1) is 0 Å². The molecule has 0 radical (unpaired) electrons. The van der Waals surface area contributed by atoms with Gasteiger partial charge in [-0.1, -0.05) is 30.3 Å². The number of nitrogens with one attached hydrogen (secondary N) is 2. The molecule has 0 unspecified atom stereocenters. The minimum atomic E-state index is -0.0220. The van der Waals surface area contributed by atoms with Crippen molar-refractivity contribution in [3.8, 4) is 0 Å². The SMILES string of the molecule is O=C1CCCNB(c2ccccc2)N1. The molecule has 4 heteroatoms. The van der Waals surface area contributed by atoms with E-state index in [0.717, 1.165) is 18.4 Å². The Morgan fingerprint density at radius 3 is 2.79 bits per heavy atom. The summed E-state index contributed by atoms with van der Waals surface area (Å²) in [6.45, 7) is 0.865. The van der Waals surface area contributed by atoms with E-state index in [-0.39, 0.29) is 12.9 Å². The Bertz CT molecular complexity index is 315. The minimum Gasteiger partial charge on any atom is -0.381 e. The van der Waals surface area contributed by atoms with Gasteiger partial charge in [0.05, 0.1) is 0 Å². The van der Waals surface area contributed by atoms with Gasteiger partial charge < -0.3 is 10.5 Å². The molecule has 1 aromatic rings. The molecule has 3 nitrogen and oxygen atoms in total. The highest BCUT2D eigenvalue weighted by Gasteiger charge is 2.21. The molecule has 14 heavy (non-hydrogen) atoms. The lowest BCUT2D eigenvalue weighted by atomic mass is 9.68. The second-order valence-corrected chi connectivity index (χ2v) is 3.47. The second kappa shape index (κ2) is 4.29. The molecule has 1 heterocycles. The molecule has 1 saturated heterocycles. The first-order valence-corrected chi connectivity index (χ1v) is 4.94. The topological polar surface area (TPSA) is 41.1 Å². The van der Waals surface area contributed by atoms with Crippen molar-refractivity contribution in [2.24, 2.45) is 0 Å². The van der Waals surface area contributed by atoms with Crippen molar-refractivity contribution in [1.29, 1.82) is 0 Å². The van der Waals surface area contributed by atoms with Crippen LogP contribution in [0.25, 0.3) is 0 Å². The molecule has 0 spiro atoms. The fraction of sp³-hybridized carbons (Fsp3) is 0.300. The summed E-state index contributed by atoms with van der Waals surface area (Å²) in [6.07, 6.45) is 1.53. The highest BCUT2D eigenvalue weighted by molar-refractivity contribution is 6.70. The van der Waals surface area contributed by atoms with Crippen LogP contribution >= 0.6 is 0 Å². The largest absolute Gasteiger partial charge is 0.381 e. The molecule has 0 atom stereocenters. The van der Waals surface area contributed by atoms with E-state index in [1.54, 1.807) is 0 Å². The summed E-state index contributed by atoms with van der Waals surface area (Å²) >= 11 is 0.